The number of fused-ring (bicyclic) bond motifs is 1. The van der Waals surface area contributed by atoms with Gasteiger partial charge in [0.1, 0.15) is 18.0 Å². The number of amides is 2. The molecule has 0 fully saturated rings. The molecule has 0 saturated heterocycles. The van der Waals surface area contributed by atoms with E-state index in [-0.39, 0.29) is 17.5 Å². The molecule has 0 aliphatic heterocycles. The number of benzene rings is 1. The maximum absolute atomic E-state index is 13.0. The zero-order valence-corrected chi connectivity index (χ0v) is 17.1. The summed E-state index contributed by atoms with van der Waals surface area (Å²) in [6.07, 6.45) is 5.16. The molecule has 7 nitrogen and oxygen atoms in total. The Labute approximate surface area is 175 Å². The summed E-state index contributed by atoms with van der Waals surface area (Å²) in [7, 11) is 0. The predicted molar refractivity (Wildman–Crippen MR) is 115 cm³/mol. The zero-order chi connectivity index (χ0) is 21.5. The second-order valence-corrected chi connectivity index (χ2v) is 7.37. The molecule has 0 aliphatic carbocycles. The van der Waals surface area contributed by atoms with Crippen molar-refractivity contribution in [3.8, 4) is 0 Å². The minimum atomic E-state index is -0.769. The first-order valence-electron chi connectivity index (χ1n) is 10.1. The van der Waals surface area contributed by atoms with E-state index in [0.717, 1.165) is 22.8 Å². The van der Waals surface area contributed by atoms with Gasteiger partial charge in [-0.05, 0) is 29.7 Å². The van der Waals surface area contributed by atoms with E-state index in [0.29, 0.717) is 12.8 Å². The fourth-order valence-corrected chi connectivity index (χ4v) is 3.36. The fourth-order valence-electron chi connectivity index (χ4n) is 3.36. The lowest BCUT2D eigenvalue weighted by Crippen LogP contribution is -2.53. The molecule has 0 aliphatic rings. The fraction of sp³-hybridized carbons (Fsp3) is 0.304. The summed E-state index contributed by atoms with van der Waals surface area (Å²) in [5, 5.41) is 6.57. The number of rotatable bonds is 9. The molecule has 3 aromatic rings. The molecule has 0 unspecified atom stereocenters. The molecule has 3 N–H and O–H groups in total. The Morgan fingerprint density at radius 1 is 1.13 bits per heavy atom. The Kier molecular flexibility index (Phi) is 6.95. The number of nitrogens with zero attached hydrogens (tertiary/aromatic N) is 1. The van der Waals surface area contributed by atoms with Gasteiger partial charge in [-0.2, -0.15) is 0 Å². The summed E-state index contributed by atoms with van der Waals surface area (Å²) in [5.41, 5.74) is 2.16. The van der Waals surface area contributed by atoms with Crippen LogP contribution in [-0.2, 0) is 16.0 Å². The molecule has 1 aromatic carbocycles. The number of hydrogen-bond acceptors (Lipinski definition) is 4. The highest BCUT2D eigenvalue weighted by Gasteiger charge is 2.28. The average molecular weight is 406 g/mol. The van der Waals surface area contributed by atoms with Crippen molar-refractivity contribution >= 4 is 29.0 Å². The number of H-pyrrole nitrogens is 1. The number of carbonyl (C=O) groups is 3. The van der Waals surface area contributed by atoms with E-state index in [2.05, 4.69) is 20.6 Å². The van der Waals surface area contributed by atoms with Crippen molar-refractivity contribution in [3.63, 3.8) is 0 Å². The van der Waals surface area contributed by atoms with Crippen LogP contribution >= 0.6 is 0 Å². The van der Waals surface area contributed by atoms with Gasteiger partial charge in [-0.1, -0.05) is 44.5 Å². The Hall–Kier alpha value is -3.48. The van der Waals surface area contributed by atoms with Crippen molar-refractivity contribution in [2.45, 2.75) is 38.8 Å². The lowest BCUT2D eigenvalue weighted by molar-refractivity contribution is -0.126. The number of pyridine rings is 1. The maximum atomic E-state index is 13.0. The van der Waals surface area contributed by atoms with Crippen LogP contribution in [0, 0.1) is 5.92 Å². The van der Waals surface area contributed by atoms with Gasteiger partial charge in [0, 0.05) is 29.7 Å². The first-order chi connectivity index (χ1) is 14.5. The Morgan fingerprint density at radius 3 is 2.60 bits per heavy atom. The summed E-state index contributed by atoms with van der Waals surface area (Å²) in [4.78, 5) is 44.4. The third-order valence-corrected chi connectivity index (χ3v) is 5.29. The molecular formula is C23H26N4O3. The molecule has 0 radical (unpaired) electrons. The summed E-state index contributed by atoms with van der Waals surface area (Å²) in [5.74, 6) is -0.918. The van der Waals surface area contributed by atoms with E-state index in [4.69, 9.17) is 0 Å². The van der Waals surface area contributed by atoms with Gasteiger partial charge in [-0.3, -0.25) is 14.6 Å². The number of hydrogen-bond donors (Lipinski definition) is 3. The molecule has 7 heteroatoms. The van der Waals surface area contributed by atoms with E-state index in [1.54, 1.807) is 18.2 Å². The van der Waals surface area contributed by atoms with E-state index in [1.807, 2.05) is 44.3 Å². The Morgan fingerprint density at radius 2 is 1.90 bits per heavy atom. The maximum Gasteiger partial charge on any atom is 0.270 e. The van der Waals surface area contributed by atoms with Crippen LogP contribution in [0.5, 0.6) is 0 Å². The van der Waals surface area contributed by atoms with Crippen molar-refractivity contribution in [3.05, 3.63) is 66.1 Å². The quantitative estimate of drug-likeness (QED) is 0.475. The van der Waals surface area contributed by atoms with Gasteiger partial charge in [0.05, 0.1) is 6.04 Å². The van der Waals surface area contributed by atoms with Crippen molar-refractivity contribution < 1.29 is 14.4 Å². The first kappa shape index (κ1) is 21.2. The predicted octanol–water partition coefficient (Wildman–Crippen LogP) is 2.63. The molecule has 3 rings (SSSR count). The summed E-state index contributed by atoms with van der Waals surface area (Å²) >= 11 is 0. The van der Waals surface area contributed by atoms with Crippen molar-refractivity contribution in [2.24, 2.45) is 5.92 Å². The van der Waals surface area contributed by atoms with E-state index >= 15 is 0 Å². The van der Waals surface area contributed by atoms with E-state index in [9.17, 15) is 14.4 Å². The lowest BCUT2D eigenvalue weighted by atomic mass is 9.97. The molecule has 30 heavy (non-hydrogen) atoms. The number of nitrogens with one attached hydrogen (secondary N) is 3. The molecule has 0 bridgehead atoms. The minimum Gasteiger partial charge on any atom is -0.361 e. The summed E-state index contributed by atoms with van der Waals surface area (Å²) in [6, 6.07) is 11.3. The zero-order valence-electron chi connectivity index (χ0n) is 17.1. The SMILES string of the molecule is CC[C@H](C)[C@H](NC(=O)c1ccccn1)C(=O)N[C@H](C=O)Cc1c[nH]c2ccccc12. The lowest BCUT2D eigenvalue weighted by Gasteiger charge is -2.25. The topological polar surface area (TPSA) is 104 Å². The van der Waals surface area contributed by atoms with Gasteiger partial charge in [-0.15, -0.1) is 0 Å². The van der Waals surface area contributed by atoms with Crippen LogP contribution in [0.3, 0.4) is 0 Å². The van der Waals surface area contributed by atoms with Gasteiger partial charge in [0.2, 0.25) is 5.91 Å². The standard InChI is InChI=1S/C23H26N4O3/c1-3-15(2)21(27-22(29)20-10-6-7-11-24-20)23(30)26-17(14-28)12-16-13-25-19-9-5-4-8-18(16)19/h4-11,13-15,17,21,25H,3,12H2,1-2H3,(H,26,30)(H,27,29)/t15-,17-,21-/m0/s1. The Bertz CT molecular complexity index is 1020. The van der Waals surface area contributed by atoms with Crippen LogP contribution < -0.4 is 10.6 Å². The number of aromatic nitrogens is 2. The average Bonchev–Trinajstić information content (AvgIpc) is 3.19. The van der Waals surface area contributed by atoms with Crippen molar-refractivity contribution in [1.82, 2.24) is 20.6 Å². The highest BCUT2D eigenvalue weighted by molar-refractivity contribution is 5.96. The van der Waals surface area contributed by atoms with Gasteiger partial charge in [0.25, 0.3) is 5.91 Å². The van der Waals surface area contributed by atoms with Crippen molar-refractivity contribution in [2.75, 3.05) is 0 Å². The second kappa shape index (κ2) is 9.82. The van der Waals surface area contributed by atoms with Crippen LogP contribution in [0.15, 0.2) is 54.9 Å². The van der Waals surface area contributed by atoms with Crippen LogP contribution in [0.25, 0.3) is 10.9 Å². The number of aromatic amines is 1. The third-order valence-electron chi connectivity index (χ3n) is 5.29. The molecule has 156 valence electrons. The van der Waals surface area contributed by atoms with Crippen LogP contribution in [0.4, 0.5) is 0 Å². The van der Waals surface area contributed by atoms with Gasteiger partial charge in [-0.25, -0.2) is 0 Å². The minimum absolute atomic E-state index is 0.113. The third kappa shape index (κ3) is 4.92. The molecule has 3 atom stereocenters. The van der Waals surface area contributed by atoms with Crippen LogP contribution in [-0.4, -0.2) is 40.2 Å². The van der Waals surface area contributed by atoms with Crippen LogP contribution in [0.1, 0.15) is 36.3 Å². The molecule has 0 spiro atoms. The van der Waals surface area contributed by atoms with Crippen LogP contribution in [0.2, 0.25) is 0 Å². The Balaban J connectivity index is 1.71. The smallest absolute Gasteiger partial charge is 0.270 e. The highest BCUT2D eigenvalue weighted by Crippen LogP contribution is 2.19. The van der Waals surface area contributed by atoms with Crippen molar-refractivity contribution in [1.29, 1.82) is 0 Å². The molecule has 2 heterocycles. The molecular weight excluding hydrogens is 380 g/mol. The summed E-state index contributed by atoms with van der Waals surface area (Å²) in [6.45, 7) is 3.83. The largest absolute Gasteiger partial charge is 0.361 e. The van der Waals surface area contributed by atoms with Gasteiger partial charge >= 0.3 is 0 Å². The van der Waals surface area contributed by atoms with Gasteiger partial charge < -0.3 is 20.4 Å². The second-order valence-electron chi connectivity index (χ2n) is 7.37. The normalized spacial score (nSPS) is 13.9. The highest BCUT2D eigenvalue weighted by atomic mass is 16.2. The van der Waals surface area contributed by atoms with E-state index < -0.39 is 18.0 Å². The van der Waals surface area contributed by atoms with E-state index in [1.165, 1.54) is 6.20 Å². The monoisotopic (exact) mass is 406 g/mol. The first-order valence-corrected chi connectivity index (χ1v) is 10.1. The molecule has 0 saturated carbocycles. The summed E-state index contributed by atoms with van der Waals surface area (Å²) < 4.78 is 0. The van der Waals surface area contributed by atoms with Gasteiger partial charge in [0.15, 0.2) is 0 Å². The number of carbonyl (C=O) groups excluding carboxylic acids is 3. The molecule has 2 amide bonds. The number of para-hydroxylation sites is 1. The molecule has 2 aromatic heterocycles. The number of aldehydes is 1.